The molecule has 0 unspecified atom stereocenters. The predicted octanol–water partition coefficient (Wildman–Crippen LogP) is 1.92. The molecular weight excluding hydrogens is 298 g/mol. The minimum absolute atomic E-state index is 0.138. The lowest BCUT2D eigenvalue weighted by atomic mass is 10.1. The third kappa shape index (κ3) is 4.56. The van der Waals surface area contributed by atoms with E-state index in [2.05, 4.69) is 10.3 Å². The summed E-state index contributed by atoms with van der Waals surface area (Å²) in [5.41, 5.74) is 7.89. The van der Waals surface area contributed by atoms with Crippen LogP contribution in [0.4, 0.5) is 5.69 Å². The second kappa shape index (κ2) is 8.53. The summed E-state index contributed by atoms with van der Waals surface area (Å²) >= 11 is 1.57. The molecule has 0 bridgehead atoms. The van der Waals surface area contributed by atoms with E-state index in [-0.39, 0.29) is 6.61 Å². The van der Waals surface area contributed by atoms with Crippen LogP contribution in [0.3, 0.4) is 0 Å². The maximum Gasteiger partial charge on any atom is 0.141 e. The van der Waals surface area contributed by atoms with Gasteiger partial charge in [-0.3, -0.25) is 0 Å². The molecule has 1 aromatic carbocycles. The maximum atomic E-state index is 8.78. The van der Waals surface area contributed by atoms with Crippen LogP contribution in [0.5, 0.6) is 5.75 Å². The zero-order valence-electron chi connectivity index (χ0n) is 12.6. The van der Waals surface area contributed by atoms with E-state index in [0.717, 1.165) is 34.8 Å². The number of benzene rings is 1. The van der Waals surface area contributed by atoms with Crippen LogP contribution in [0.15, 0.2) is 40.7 Å². The van der Waals surface area contributed by atoms with Crippen molar-refractivity contribution in [2.45, 2.75) is 6.42 Å². The van der Waals surface area contributed by atoms with Gasteiger partial charge in [-0.15, -0.1) is 11.3 Å². The normalized spacial score (nSPS) is 11.6. The van der Waals surface area contributed by atoms with Crippen LogP contribution >= 0.6 is 11.3 Å². The van der Waals surface area contributed by atoms with Gasteiger partial charge in [0.15, 0.2) is 0 Å². The third-order valence-electron chi connectivity index (χ3n) is 3.15. The molecule has 2 rings (SSSR count). The first-order valence-corrected chi connectivity index (χ1v) is 7.99. The second-order valence-corrected chi connectivity index (χ2v) is 5.64. The van der Waals surface area contributed by atoms with Gasteiger partial charge in [-0.05, 0) is 48.2 Å². The fourth-order valence-corrected chi connectivity index (χ4v) is 2.70. The number of rotatable bonds is 8. The van der Waals surface area contributed by atoms with E-state index >= 15 is 0 Å². The smallest absolute Gasteiger partial charge is 0.141 e. The van der Waals surface area contributed by atoms with E-state index in [0.29, 0.717) is 12.4 Å². The van der Waals surface area contributed by atoms with Gasteiger partial charge in [-0.25, -0.2) is 4.99 Å². The molecule has 0 aliphatic heterocycles. The monoisotopic (exact) mass is 319 g/mol. The summed E-state index contributed by atoms with van der Waals surface area (Å²) in [5, 5.41) is 13.9. The van der Waals surface area contributed by atoms with Crippen molar-refractivity contribution in [3.8, 4) is 5.75 Å². The standard InChI is InChI=1S/C16H21N3O2S/c1-21-14-5-4-13(11-12(14)6-7-18-8-9-20)19-16(17)15-3-2-10-22-15/h2-5,10-11,18,20H,6-9H2,1H3,(H2,17,19). The minimum atomic E-state index is 0.138. The molecule has 22 heavy (non-hydrogen) atoms. The third-order valence-corrected chi connectivity index (χ3v) is 4.04. The first kappa shape index (κ1) is 16.5. The largest absolute Gasteiger partial charge is 0.496 e. The van der Waals surface area contributed by atoms with Crippen LogP contribution in [0, 0.1) is 0 Å². The zero-order chi connectivity index (χ0) is 15.8. The summed E-state index contributed by atoms with van der Waals surface area (Å²) < 4.78 is 5.38. The number of nitrogens with zero attached hydrogens (tertiary/aromatic N) is 1. The van der Waals surface area contributed by atoms with E-state index in [9.17, 15) is 0 Å². The molecule has 0 radical (unpaired) electrons. The molecule has 0 spiro atoms. The highest BCUT2D eigenvalue weighted by Gasteiger charge is 2.06. The first-order chi connectivity index (χ1) is 10.7. The average molecular weight is 319 g/mol. The number of nitrogens with two attached hydrogens (primary N) is 1. The number of methoxy groups -OCH3 is 1. The highest BCUT2D eigenvalue weighted by molar-refractivity contribution is 7.12. The Labute approximate surface area is 134 Å². The highest BCUT2D eigenvalue weighted by atomic mass is 32.1. The van der Waals surface area contributed by atoms with E-state index in [1.54, 1.807) is 18.4 Å². The van der Waals surface area contributed by atoms with Crippen molar-refractivity contribution in [1.82, 2.24) is 5.32 Å². The maximum absolute atomic E-state index is 8.78. The first-order valence-electron chi connectivity index (χ1n) is 7.11. The van der Waals surface area contributed by atoms with Gasteiger partial charge in [0.05, 0.1) is 24.3 Å². The van der Waals surface area contributed by atoms with Crippen LogP contribution in [0.2, 0.25) is 0 Å². The average Bonchev–Trinajstić information content (AvgIpc) is 3.06. The Morgan fingerprint density at radius 2 is 2.23 bits per heavy atom. The van der Waals surface area contributed by atoms with Gasteiger partial charge in [0.2, 0.25) is 0 Å². The van der Waals surface area contributed by atoms with Crippen LogP contribution in [-0.2, 0) is 6.42 Å². The van der Waals surface area contributed by atoms with Gasteiger partial charge in [0, 0.05) is 6.54 Å². The van der Waals surface area contributed by atoms with Crippen molar-refractivity contribution in [2.24, 2.45) is 10.7 Å². The van der Waals surface area contributed by atoms with Crippen molar-refractivity contribution < 1.29 is 9.84 Å². The Morgan fingerprint density at radius 1 is 1.36 bits per heavy atom. The van der Waals surface area contributed by atoms with Crippen molar-refractivity contribution in [2.75, 3.05) is 26.8 Å². The van der Waals surface area contributed by atoms with Gasteiger partial charge in [0.25, 0.3) is 0 Å². The van der Waals surface area contributed by atoms with Crippen LogP contribution in [-0.4, -0.2) is 37.7 Å². The predicted molar refractivity (Wildman–Crippen MR) is 91.4 cm³/mol. The van der Waals surface area contributed by atoms with E-state index in [1.807, 2.05) is 35.7 Å². The topological polar surface area (TPSA) is 79.9 Å². The molecule has 0 aliphatic carbocycles. The Kier molecular flexibility index (Phi) is 6.39. The molecule has 0 fully saturated rings. The molecule has 0 aliphatic rings. The molecule has 4 N–H and O–H groups in total. The number of thiophene rings is 1. The summed E-state index contributed by atoms with van der Waals surface area (Å²) in [4.78, 5) is 5.43. The van der Waals surface area contributed by atoms with E-state index < -0.39 is 0 Å². The SMILES string of the molecule is COc1ccc(N=C(N)c2cccs2)cc1CCNCCO. The summed E-state index contributed by atoms with van der Waals surface area (Å²) in [6.45, 7) is 1.49. The van der Waals surface area contributed by atoms with Crippen molar-refractivity contribution >= 4 is 22.9 Å². The number of amidine groups is 1. The van der Waals surface area contributed by atoms with Gasteiger partial charge in [0.1, 0.15) is 11.6 Å². The lowest BCUT2D eigenvalue weighted by molar-refractivity contribution is 0.292. The number of aliphatic hydroxyl groups is 1. The quantitative estimate of drug-likeness (QED) is 0.394. The van der Waals surface area contributed by atoms with Crippen molar-refractivity contribution in [3.05, 3.63) is 46.2 Å². The number of aliphatic hydroxyl groups excluding tert-OH is 1. The molecule has 0 saturated heterocycles. The summed E-state index contributed by atoms with van der Waals surface area (Å²) in [6.07, 6.45) is 0.797. The Morgan fingerprint density at radius 3 is 2.91 bits per heavy atom. The highest BCUT2D eigenvalue weighted by Crippen LogP contribution is 2.25. The van der Waals surface area contributed by atoms with Gasteiger partial charge in [-0.2, -0.15) is 0 Å². The van der Waals surface area contributed by atoms with Crippen LogP contribution in [0.25, 0.3) is 0 Å². The number of hydrogen-bond donors (Lipinski definition) is 3. The molecule has 0 atom stereocenters. The Balaban J connectivity index is 2.14. The van der Waals surface area contributed by atoms with Crippen LogP contribution < -0.4 is 15.8 Å². The molecule has 1 aromatic heterocycles. The van der Waals surface area contributed by atoms with Gasteiger partial charge < -0.3 is 20.9 Å². The molecular formula is C16H21N3O2S. The molecule has 118 valence electrons. The van der Waals surface area contributed by atoms with Gasteiger partial charge in [-0.1, -0.05) is 6.07 Å². The molecule has 1 heterocycles. The number of ether oxygens (including phenoxy) is 1. The van der Waals surface area contributed by atoms with E-state index in [4.69, 9.17) is 15.6 Å². The number of aliphatic imine (C=N–C) groups is 1. The number of nitrogens with one attached hydrogen (secondary N) is 1. The molecule has 0 saturated carbocycles. The Hall–Kier alpha value is -1.89. The van der Waals surface area contributed by atoms with E-state index in [1.165, 1.54) is 0 Å². The molecule has 5 nitrogen and oxygen atoms in total. The summed E-state index contributed by atoms with van der Waals surface area (Å²) in [7, 11) is 1.66. The molecule has 6 heteroatoms. The van der Waals surface area contributed by atoms with Crippen molar-refractivity contribution in [1.29, 1.82) is 0 Å². The van der Waals surface area contributed by atoms with Crippen molar-refractivity contribution in [3.63, 3.8) is 0 Å². The van der Waals surface area contributed by atoms with Crippen LogP contribution in [0.1, 0.15) is 10.4 Å². The lowest BCUT2D eigenvalue weighted by Crippen LogP contribution is -2.21. The van der Waals surface area contributed by atoms with Gasteiger partial charge >= 0.3 is 0 Å². The fourth-order valence-electron chi connectivity index (χ4n) is 2.08. The summed E-state index contributed by atoms with van der Waals surface area (Å²) in [6, 6.07) is 9.69. The number of hydrogen-bond acceptors (Lipinski definition) is 5. The fraction of sp³-hybridized carbons (Fsp3) is 0.312. The second-order valence-electron chi connectivity index (χ2n) is 4.69. The zero-order valence-corrected chi connectivity index (χ0v) is 13.4. The lowest BCUT2D eigenvalue weighted by Gasteiger charge is -2.10. The molecule has 2 aromatic rings. The Bertz CT molecular complexity index is 612. The summed E-state index contributed by atoms with van der Waals surface area (Å²) in [5.74, 6) is 1.35. The molecule has 0 amide bonds. The minimum Gasteiger partial charge on any atom is -0.496 e.